The van der Waals surface area contributed by atoms with Gasteiger partial charge in [0.2, 0.25) is 0 Å². The molecule has 68 valence electrons. The monoisotopic (exact) mass is 264 g/mol. The summed E-state index contributed by atoms with van der Waals surface area (Å²) in [5, 5.41) is 31.2. The second-order valence-corrected chi connectivity index (χ2v) is 0. The first-order chi connectivity index (χ1) is 6.00. The topological polar surface area (TPSA) is 158 Å². The van der Waals surface area contributed by atoms with Crippen LogP contribution in [0, 0.1) is 64.1 Å². The fourth-order valence-electron chi connectivity index (χ4n) is 0. The number of hydrogen-bond donors (Lipinski definition) is 0. The zero-order valence-corrected chi connectivity index (χ0v) is 13.0. The van der Waals surface area contributed by atoms with Crippen LogP contribution >= 0.6 is 0 Å². The summed E-state index contributed by atoms with van der Waals surface area (Å²) < 4.78 is 0. The zero-order chi connectivity index (χ0) is 12.0. The minimum Gasteiger partial charge on any atom is -1.00 e. The summed E-state index contributed by atoms with van der Waals surface area (Å²) in [6.45, 7) is 23.8. The molecule has 0 amide bonds. The Morgan fingerprint density at radius 3 is 0.600 bits per heavy atom. The summed E-state index contributed by atoms with van der Waals surface area (Å²) in [7, 11) is 0. The van der Waals surface area contributed by atoms with Crippen molar-refractivity contribution in [2.45, 2.75) is 0 Å². The molecule has 15 heavy (non-hydrogen) atoms. The Bertz CT molecular complexity index is 108. The van der Waals surface area contributed by atoms with Gasteiger partial charge in [-0.25, -0.2) is 0 Å². The summed E-state index contributed by atoms with van der Waals surface area (Å²) in [5.41, 5.74) is 5.75. The molecule has 0 N–H and O–H groups in total. The van der Waals surface area contributed by atoms with E-state index in [2.05, 4.69) is 0 Å². The molecule has 0 aromatic heterocycles. The quantitative estimate of drug-likeness (QED) is 0.314. The number of rotatable bonds is 0. The van der Waals surface area contributed by atoms with Gasteiger partial charge in [0.15, 0.2) is 0 Å². The van der Waals surface area contributed by atoms with Crippen LogP contribution in [0.15, 0.2) is 0 Å². The zero-order valence-electron chi connectivity index (χ0n) is 9.95. The summed E-state index contributed by atoms with van der Waals surface area (Å²) in [6.07, 6.45) is 0. The Morgan fingerprint density at radius 2 is 0.600 bits per heavy atom. The van der Waals surface area contributed by atoms with Crippen molar-refractivity contribution in [3.63, 3.8) is 0 Å². The van der Waals surface area contributed by atoms with E-state index in [4.69, 9.17) is 69.7 Å². The van der Waals surface area contributed by atoms with Gasteiger partial charge in [-0.3, -0.25) is 0 Å². The predicted molar refractivity (Wildman–Crippen MR) is 33.8 cm³/mol. The van der Waals surface area contributed by atoms with Gasteiger partial charge in [-0.1, -0.05) is 0 Å². The minimum atomic E-state index is 0. The molecule has 0 saturated heterocycles. The first kappa shape index (κ1) is 86.5. The van der Waals surface area contributed by atoms with Crippen molar-refractivity contribution in [3.05, 3.63) is 43.4 Å². The smallest absolute Gasteiger partial charge is 1.00 e. The third-order valence-electron chi connectivity index (χ3n) is 0. The van der Waals surface area contributed by atoms with E-state index in [-0.39, 0.29) is 79.0 Å². The van der Waals surface area contributed by atoms with Crippen molar-refractivity contribution < 1.29 is 79.0 Å². The third kappa shape index (κ3) is 9800. The van der Waals surface area contributed by atoms with Gasteiger partial charge in [0.1, 0.15) is 0 Å². The molecule has 0 fully saturated rings. The molecule has 0 heterocycles. The standard InChI is InChI=1S/5CN.Fe.NO.2Na.2H/c5*1-2;;1-2;;;;/q5*-1;+6;-1;2*+1;2*-1. The number of nitroso groups, excluding NO2 is 1. The maximum Gasteiger partial charge on any atom is 6.00 e. The van der Waals surface area contributed by atoms with Gasteiger partial charge < -0.3 is 72.5 Å². The summed E-state index contributed by atoms with van der Waals surface area (Å²) >= 11 is 0. The van der Waals surface area contributed by atoms with Crippen LogP contribution in [0.4, 0.5) is 0 Å². The number of nitrogens with zero attached hydrogens (tertiary/aromatic N) is 6. The molecule has 0 aliphatic heterocycles. The van der Waals surface area contributed by atoms with E-state index in [0.29, 0.717) is 0 Å². The van der Waals surface area contributed by atoms with Gasteiger partial charge in [0.25, 0.3) is 0 Å². The van der Waals surface area contributed by atoms with Crippen LogP contribution < -0.4 is 59.1 Å². The maximum atomic E-state index is 7.25. The second kappa shape index (κ2) is 11600. The molecule has 10 heteroatoms. The largest absolute Gasteiger partial charge is 6.00 e. The van der Waals surface area contributed by atoms with Crippen LogP contribution in [0.25, 0.3) is 5.59 Å². The molecule has 7 nitrogen and oxygen atoms in total. The van der Waals surface area contributed by atoms with Crippen LogP contribution in [0.3, 0.4) is 0 Å². The molecular weight excluding hydrogens is 262 g/mol. The fraction of sp³-hybridized carbons (Fsp3) is 0. The second-order valence-electron chi connectivity index (χ2n) is 0. The van der Waals surface area contributed by atoms with E-state index in [1.807, 2.05) is 0 Å². The van der Waals surface area contributed by atoms with Crippen LogP contribution in [0.2, 0.25) is 0 Å². The molecule has 0 spiro atoms. The van der Waals surface area contributed by atoms with Crippen molar-refractivity contribution in [2.24, 2.45) is 0 Å². The first-order valence-corrected chi connectivity index (χ1v) is 1.30. The molecule has 0 aliphatic carbocycles. The third-order valence-corrected chi connectivity index (χ3v) is 0. The molecule has 0 bridgehead atoms. The van der Waals surface area contributed by atoms with Crippen LogP contribution in [0.5, 0.6) is 0 Å². The molecule has 0 saturated carbocycles. The Labute approximate surface area is 147 Å². The van der Waals surface area contributed by atoms with Crippen LogP contribution in [0.1, 0.15) is 2.85 Å². The Balaban J connectivity index is -0.00000000267. The van der Waals surface area contributed by atoms with Gasteiger partial charge in [0.05, 0.1) is 0 Å². The average Bonchev–Trinajstić information content (AvgIpc) is 2.33. The summed E-state index contributed by atoms with van der Waals surface area (Å²) in [5.74, 6) is 0. The molecule has 0 rings (SSSR count). The molecule has 0 atom stereocenters. The van der Waals surface area contributed by atoms with Gasteiger partial charge in [-0.15, -0.1) is 0 Å². The van der Waals surface area contributed by atoms with Crippen LogP contribution in [-0.2, 0) is 17.1 Å². The molecule has 0 aromatic carbocycles. The van der Waals surface area contributed by atoms with E-state index >= 15 is 0 Å². The first-order valence-electron chi connectivity index (χ1n) is 1.30. The maximum absolute atomic E-state index is 7.25. The van der Waals surface area contributed by atoms with Gasteiger partial charge in [-0.2, -0.15) is 0 Å². The fourth-order valence-corrected chi connectivity index (χ4v) is 0. The predicted octanol–water partition coefficient (Wildman–Crippen LogP) is -4.97. The summed E-state index contributed by atoms with van der Waals surface area (Å²) in [4.78, 5) is 7.25. The molecule has 0 aromatic rings. The number of hydrogen-bond acceptors (Lipinski definition) is 6. The SMILES string of the molecule is [C-]#N.[C-]#N.[C-]#N.[C-]#N.[C-]#N.[Fe+6].[H-].[H-].[N-]=O.[Na+].[Na+]. The normalized spacial score (nSPS) is 0.933. The van der Waals surface area contributed by atoms with E-state index < -0.39 is 0 Å². The van der Waals surface area contributed by atoms with Crippen molar-refractivity contribution in [3.8, 4) is 0 Å². The average molecular weight is 264 g/mol. The molecule has 0 radical (unpaired) electrons. The van der Waals surface area contributed by atoms with Crippen molar-refractivity contribution >= 4 is 0 Å². The van der Waals surface area contributed by atoms with E-state index in [1.165, 1.54) is 0 Å². The molecule has 0 aliphatic rings. The Hall–Kier alpha value is -0.431. The molecule has 0 unspecified atom stereocenters. The Kier molecular flexibility index (Phi) is 66700. The summed E-state index contributed by atoms with van der Waals surface area (Å²) in [6, 6.07) is 0. The molecular formula is C5H2FeN6Na2O. The van der Waals surface area contributed by atoms with Crippen molar-refractivity contribution in [2.75, 3.05) is 0 Å². The van der Waals surface area contributed by atoms with Gasteiger partial charge in [0, 0.05) is 0 Å². The van der Waals surface area contributed by atoms with Gasteiger partial charge >= 0.3 is 76.2 Å². The van der Waals surface area contributed by atoms with Crippen molar-refractivity contribution in [1.82, 2.24) is 0 Å². The van der Waals surface area contributed by atoms with E-state index in [1.54, 1.807) is 0 Å². The van der Waals surface area contributed by atoms with Crippen LogP contribution in [-0.4, -0.2) is 0 Å². The van der Waals surface area contributed by atoms with E-state index in [9.17, 15) is 0 Å². The van der Waals surface area contributed by atoms with Crippen molar-refractivity contribution in [1.29, 1.82) is 26.3 Å². The van der Waals surface area contributed by atoms with Gasteiger partial charge in [-0.05, 0) is 0 Å². The minimum absolute atomic E-state index is 0. The van der Waals surface area contributed by atoms with E-state index in [0.717, 1.165) is 0 Å². The Morgan fingerprint density at radius 1 is 0.600 bits per heavy atom.